The molecule has 1 aliphatic heterocycles. The normalized spacial score (nSPS) is 14.6. The number of aromatic nitrogens is 3. The summed E-state index contributed by atoms with van der Waals surface area (Å²) in [5.41, 5.74) is 7.97. The number of alkyl halides is 2. The van der Waals surface area contributed by atoms with E-state index in [1.165, 1.54) is 7.11 Å². The van der Waals surface area contributed by atoms with Crippen LogP contribution in [0.4, 0.5) is 20.5 Å². The summed E-state index contributed by atoms with van der Waals surface area (Å²) in [4.78, 5) is 26.7. The van der Waals surface area contributed by atoms with E-state index in [9.17, 15) is 13.6 Å². The van der Waals surface area contributed by atoms with Crippen molar-refractivity contribution in [3.05, 3.63) is 47.8 Å². The number of nitrogens with one attached hydrogen (secondary N) is 1. The first-order chi connectivity index (χ1) is 15.0. The highest BCUT2D eigenvalue weighted by Crippen LogP contribution is 2.29. The van der Waals surface area contributed by atoms with Gasteiger partial charge in [0.25, 0.3) is 6.43 Å². The second kappa shape index (κ2) is 8.76. The van der Waals surface area contributed by atoms with E-state index in [-0.39, 0.29) is 24.7 Å². The molecule has 0 saturated carbocycles. The van der Waals surface area contributed by atoms with Crippen molar-refractivity contribution in [3.8, 4) is 5.75 Å². The Labute approximate surface area is 177 Å². The van der Waals surface area contributed by atoms with Gasteiger partial charge in [0.2, 0.25) is 5.95 Å². The van der Waals surface area contributed by atoms with Gasteiger partial charge < -0.3 is 15.8 Å². The van der Waals surface area contributed by atoms with Crippen LogP contribution in [0.15, 0.2) is 36.5 Å². The molecule has 0 spiro atoms. The van der Waals surface area contributed by atoms with E-state index in [2.05, 4.69) is 20.3 Å². The van der Waals surface area contributed by atoms with Gasteiger partial charge in [0.1, 0.15) is 17.1 Å². The highest BCUT2D eigenvalue weighted by Gasteiger charge is 2.33. The van der Waals surface area contributed by atoms with Crippen molar-refractivity contribution in [1.29, 1.82) is 0 Å². The van der Waals surface area contributed by atoms with Crippen molar-refractivity contribution in [2.75, 3.05) is 24.7 Å². The van der Waals surface area contributed by atoms with Gasteiger partial charge in [-0.05, 0) is 23.8 Å². The zero-order valence-corrected chi connectivity index (χ0v) is 16.9. The van der Waals surface area contributed by atoms with Crippen molar-refractivity contribution in [1.82, 2.24) is 19.9 Å². The largest absolute Gasteiger partial charge is 0.494 e. The number of pyridine rings is 1. The second-order valence-electron chi connectivity index (χ2n) is 7.30. The van der Waals surface area contributed by atoms with Gasteiger partial charge >= 0.3 is 0 Å². The van der Waals surface area contributed by atoms with Gasteiger partial charge in [-0.15, -0.1) is 0 Å². The van der Waals surface area contributed by atoms with Crippen molar-refractivity contribution in [2.45, 2.75) is 32.0 Å². The van der Waals surface area contributed by atoms with Gasteiger partial charge in [-0.25, -0.2) is 13.8 Å². The Bertz CT molecular complexity index is 1090. The number of anilines is 2. The second-order valence-corrected chi connectivity index (χ2v) is 7.30. The molecule has 2 aromatic heterocycles. The Morgan fingerprint density at radius 1 is 1.26 bits per heavy atom. The van der Waals surface area contributed by atoms with Crippen LogP contribution in [-0.2, 0) is 17.9 Å². The topological polar surface area (TPSA) is 106 Å². The summed E-state index contributed by atoms with van der Waals surface area (Å²) in [6.45, 7) is 0.496. The monoisotopic (exact) mass is 428 g/mol. The molecule has 3 heterocycles. The molecular formula is C21H22F2N6O2. The fourth-order valence-corrected chi connectivity index (χ4v) is 3.77. The molecule has 10 heteroatoms. The molecule has 0 saturated heterocycles. The Hall–Kier alpha value is -3.40. The fraction of sp³-hybridized carbons (Fsp3) is 0.333. The number of carbonyl (C=O) groups excluding carboxylic acids is 1. The molecule has 1 aromatic carbocycles. The van der Waals surface area contributed by atoms with Crippen LogP contribution in [0.2, 0.25) is 0 Å². The molecular weight excluding hydrogens is 406 g/mol. The zero-order valence-electron chi connectivity index (χ0n) is 16.9. The van der Waals surface area contributed by atoms with Crippen LogP contribution < -0.4 is 15.8 Å². The summed E-state index contributed by atoms with van der Waals surface area (Å²) in [5.74, 6) is 0.518. The molecule has 0 fully saturated rings. The molecule has 3 N–H and O–H groups in total. The smallest absolute Gasteiger partial charge is 0.254 e. The molecule has 0 radical (unpaired) electrons. The Kier molecular flexibility index (Phi) is 5.90. The number of Topliss-reactive ketones (excluding diaryl/α,β-unsaturated/α-hetero) is 1. The van der Waals surface area contributed by atoms with Crippen molar-refractivity contribution < 1.29 is 18.3 Å². The molecule has 4 rings (SSSR count). The first kappa shape index (κ1) is 20.9. The molecule has 1 atom stereocenters. The average molecular weight is 428 g/mol. The molecule has 1 unspecified atom stereocenters. The Morgan fingerprint density at radius 3 is 2.84 bits per heavy atom. The first-order valence-electron chi connectivity index (χ1n) is 9.77. The minimum absolute atomic E-state index is 0.0136. The van der Waals surface area contributed by atoms with Crippen LogP contribution in [0.3, 0.4) is 0 Å². The van der Waals surface area contributed by atoms with E-state index >= 15 is 0 Å². The Morgan fingerprint density at radius 2 is 2.10 bits per heavy atom. The summed E-state index contributed by atoms with van der Waals surface area (Å²) in [7, 11) is 1.51. The molecule has 3 aromatic rings. The van der Waals surface area contributed by atoms with Crippen molar-refractivity contribution in [3.63, 3.8) is 0 Å². The lowest BCUT2D eigenvalue weighted by Crippen LogP contribution is -2.39. The maximum Gasteiger partial charge on any atom is 0.254 e. The van der Waals surface area contributed by atoms with E-state index in [4.69, 9.17) is 10.5 Å². The Balaban J connectivity index is 1.45. The van der Waals surface area contributed by atoms with Crippen LogP contribution in [0.5, 0.6) is 5.75 Å². The third-order valence-electron chi connectivity index (χ3n) is 5.29. The SMILES string of the molecule is COc1cccc2c(NCC(=O)CC(C(F)F)N3Cc4cccnc4C3)nc(N)nc12. The van der Waals surface area contributed by atoms with Crippen molar-refractivity contribution in [2.24, 2.45) is 0 Å². The van der Waals surface area contributed by atoms with Gasteiger partial charge in [0.05, 0.1) is 25.4 Å². The molecule has 0 aliphatic carbocycles. The van der Waals surface area contributed by atoms with Crippen LogP contribution in [0, 0.1) is 0 Å². The van der Waals surface area contributed by atoms with E-state index in [1.807, 2.05) is 6.07 Å². The van der Waals surface area contributed by atoms with Crippen LogP contribution >= 0.6 is 0 Å². The van der Waals surface area contributed by atoms with Crippen LogP contribution in [0.1, 0.15) is 17.7 Å². The highest BCUT2D eigenvalue weighted by molar-refractivity contribution is 5.95. The number of halogens is 2. The third-order valence-corrected chi connectivity index (χ3v) is 5.29. The van der Waals surface area contributed by atoms with Crippen LogP contribution in [-0.4, -0.2) is 51.8 Å². The van der Waals surface area contributed by atoms with Gasteiger partial charge in [0.15, 0.2) is 5.78 Å². The number of rotatable bonds is 8. The number of ether oxygens (including phenoxy) is 1. The summed E-state index contributed by atoms with van der Waals surface area (Å²) >= 11 is 0. The number of fused-ring (bicyclic) bond motifs is 2. The lowest BCUT2D eigenvalue weighted by Gasteiger charge is -2.26. The quantitative estimate of drug-likeness (QED) is 0.564. The molecule has 8 nitrogen and oxygen atoms in total. The average Bonchev–Trinajstić information content (AvgIpc) is 3.18. The zero-order chi connectivity index (χ0) is 22.0. The van der Waals surface area contributed by atoms with E-state index < -0.39 is 12.5 Å². The maximum atomic E-state index is 13.8. The minimum Gasteiger partial charge on any atom is -0.494 e. The summed E-state index contributed by atoms with van der Waals surface area (Å²) < 4.78 is 32.8. The number of para-hydroxylation sites is 1. The van der Waals surface area contributed by atoms with Crippen LogP contribution in [0.25, 0.3) is 10.9 Å². The minimum atomic E-state index is -2.65. The summed E-state index contributed by atoms with van der Waals surface area (Å²) in [6.07, 6.45) is -1.31. The lowest BCUT2D eigenvalue weighted by atomic mass is 10.1. The number of nitrogens with two attached hydrogens (primary N) is 1. The third kappa shape index (κ3) is 4.38. The summed E-state index contributed by atoms with van der Waals surface area (Å²) in [6, 6.07) is 7.73. The molecule has 162 valence electrons. The number of ketones is 1. The summed E-state index contributed by atoms with van der Waals surface area (Å²) in [5, 5.41) is 3.54. The highest BCUT2D eigenvalue weighted by atomic mass is 19.3. The van der Waals surface area contributed by atoms with Gasteiger partial charge in [-0.1, -0.05) is 12.1 Å². The maximum absolute atomic E-state index is 13.8. The van der Waals surface area contributed by atoms with E-state index in [0.29, 0.717) is 35.6 Å². The van der Waals surface area contributed by atoms with E-state index in [0.717, 1.165) is 11.3 Å². The van der Waals surface area contributed by atoms with Gasteiger partial charge in [-0.3, -0.25) is 14.7 Å². The predicted molar refractivity (Wildman–Crippen MR) is 112 cm³/mol. The number of hydrogen-bond acceptors (Lipinski definition) is 8. The first-order valence-corrected chi connectivity index (χ1v) is 9.77. The van der Waals surface area contributed by atoms with E-state index in [1.54, 1.807) is 35.4 Å². The number of benzene rings is 1. The fourth-order valence-electron chi connectivity index (χ4n) is 3.77. The molecule has 1 aliphatic rings. The molecule has 31 heavy (non-hydrogen) atoms. The number of hydrogen-bond donors (Lipinski definition) is 2. The number of methoxy groups -OCH3 is 1. The predicted octanol–water partition coefficient (Wildman–Crippen LogP) is 2.64. The van der Waals surface area contributed by atoms with Gasteiger partial charge in [0, 0.05) is 31.1 Å². The van der Waals surface area contributed by atoms with Gasteiger partial charge in [-0.2, -0.15) is 4.98 Å². The number of nitrogens with zero attached hydrogens (tertiary/aromatic N) is 4. The molecule has 0 amide bonds. The number of carbonyl (C=O) groups is 1. The molecule has 0 bridgehead atoms. The number of nitrogen functional groups attached to an aromatic ring is 1. The lowest BCUT2D eigenvalue weighted by molar-refractivity contribution is -0.120. The van der Waals surface area contributed by atoms with Crippen molar-refractivity contribution >= 4 is 28.5 Å². The standard InChI is InChI=1S/C21H22F2N6O2/c1-31-17-6-2-5-14-18(17)27-21(24)28-20(14)26-9-13(30)8-16(19(22)23)29-10-12-4-3-7-25-15(12)11-29/h2-7,16,19H,8-11H2,1H3,(H3,24,26,27,28).